The monoisotopic (exact) mass is 674 g/mol. The van der Waals surface area contributed by atoms with Gasteiger partial charge in [-0.25, -0.2) is 14.3 Å². The van der Waals surface area contributed by atoms with E-state index >= 15 is 0 Å². The molecular weight excluding hydrogens is 619 g/mol. The van der Waals surface area contributed by atoms with Crippen molar-refractivity contribution in [3.8, 4) is 0 Å². The molecule has 8 heteroatoms. The van der Waals surface area contributed by atoms with E-state index in [1.54, 1.807) is 0 Å². The molecule has 230 valence electrons. The van der Waals surface area contributed by atoms with Gasteiger partial charge in [-0.2, -0.15) is 0 Å². The van der Waals surface area contributed by atoms with Crippen LogP contribution in [0.1, 0.15) is 123 Å². The summed E-state index contributed by atoms with van der Waals surface area (Å²) in [5.41, 5.74) is 0.883. The lowest BCUT2D eigenvalue weighted by Gasteiger charge is -2.19. The Kier molecular flexibility index (Phi) is 21.4. The molecule has 2 unspecified atom stereocenters. The van der Waals surface area contributed by atoms with E-state index < -0.39 is 6.09 Å². The van der Waals surface area contributed by atoms with Crippen molar-refractivity contribution in [1.29, 1.82) is 0 Å². The first-order valence-electron chi connectivity index (χ1n) is 15.7. The van der Waals surface area contributed by atoms with Crippen LogP contribution in [-0.4, -0.2) is 43.0 Å². The van der Waals surface area contributed by atoms with E-state index in [0.29, 0.717) is 19.6 Å². The second-order valence-corrected chi connectivity index (χ2v) is 11.0. The SMILES string of the molecule is CCCCCCCCCCCCCCCCOC1CC(COC(=O)N(Cc2cccc[n+]2CC)C(C)=O)CO1.[I-]. The fourth-order valence-corrected chi connectivity index (χ4v) is 5.09. The molecule has 2 atom stereocenters. The van der Waals surface area contributed by atoms with E-state index in [9.17, 15) is 9.59 Å². The minimum Gasteiger partial charge on any atom is -1.00 e. The largest absolute Gasteiger partial charge is 1.00 e. The maximum Gasteiger partial charge on any atom is 0.417 e. The highest BCUT2D eigenvalue weighted by atomic mass is 127. The number of carbonyl (C=O) groups excluding carboxylic acids is 2. The topological polar surface area (TPSA) is 69.0 Å². The summed E-state index contributed by atoms with van der Waals surface area (Å²) in [6, 6.07) is 5.75. The van der Waals surface area contributed by atoms with Crippen LogP contribution in [0.15, 0.2) is 24.4 Å². The summed E-state index contributed by atoms with van der Waals surface area (Å²) in [7, 11) is 0. The van der Waals surface area contributed by atoms with Gasteiger partial charge in [0.25, 0.3) is 0 Å². The van der Waals surface area contributed by atoms with Crippen LogP contribution in [0.25, 0.3) is 0 Å². The predicted molar refractivity (Wildman–Crippen MR) is 154 cm³/mol. The molecule has 7 nitrogen and oxygen atoms in total. The van der Waals surface area contributed by atoms with Gasteiger partial charge in [0, 0.05) is 38.0 Å². The summed E-state index contributed by atoms with van der Waals surface area (Å²) in [4.78, 5) is 25.9. The molecule has 1 aliphatic rings. The van der Waals surface area contributed by atoms with Gasteiger partial charge in [-0.3, -0.25) is 4.79 Å². The number of aryl methyl sites for hydroxylation is 1. The van der Waals surface area contributed by atoms with Crippen molar-refractivity contribution >= 4 is 12.0 Å². The Morgan fingerprint density at radius 2 is 1.52 bits per heavy atom. The second kappa shape index (κ2) is 23.3. The molecule has 1 aromatic heterocycles. The third kappa shape index (κ3) is 15.7. The van der Waals surface area contributed by atoms with Gasteiger partial charge in [-0.1, -0.05) is 96.5 Å². The van der Waals surface area contributed by atoms with Gasteiger partial charge in [0.1, 0.15) is 13.1 Å². The van der Waals surface area contributed by atoms with Gasteiger partial charge < -0.3 is 38.2 Å². The highest BCUT2D eigenvalue weighted by Gasteiger charge is 2.29. The number of hydrogen-bond donors (Lipinski definition) is 0. The van der Waals surface area contributed by atoms with E-state index in [-0.39, 0.29) is 55.2 Å². The summed E-state index contributed by atoms with van der Waals surface area (Å²) in [5.74, 6) is -0.245. The Hall–Kier alpha value is -1.26. The van der Waals surface area contributed by atoms with Gasteiger partial charge in [-0.05, 0) is 13.3 Å². The number of unbranched alkanes of at least 4 members (excludes halogenated alkanes) is 13. The zero-order valence-electron chi connectivity index (χ0n) is 25.4. The number of hydrogen-bond acceptors (Lipinski definition) is 5. The molecule has 0 radical (unpaired) electrons. The summed E-state index contributed by atoms with van der Waals surface area (Å²) in [6.45, 7) is 8.08. The van der Waals surface area contributed by atoms with Gasteiger partial charge in [0.15, 0.2) is 12.5 Å². The molecule has 0 saturated carbocycles. The molecular formula is C32H55IN2O5. The summed E-state index contributed by atoms with van der Waals surface area (Å²) in [6.07, 6.45) is 20.6. The van der Waals surface area contributed by atoms with E-state index in [4.69, 9.17) is 14.2 Å². The molecule has 1 aliphatic heterocycles. The van der Waals surface area contributed by atoms with Crippen LogP contribution in [-0.2, 0) is 32.1 Å². The van der Waals surface area contributed by atoms with E-state index in [0.717, 1.165) is 23.6 Å². The number of pyridine rings is 1. The van der Waals surface area contributed by atoms with Crippen LogP contribution in [0.5, 0.6) is 0 Å². The highest BCUT2D eigenvalue weighted by Crippen LogP contribution is 2.22. The molecule has 0 bridgehead atoms. The zero-order valence-corrected chi connectivity index (χ0v) is 27.6. The number of carbonyl (C=O) groups is 2. The molecule has 2 amide bonds. The molecule has 0 N–H and O–H groups in total. The predicted octanol–water partition coefficient (Wildman–Crippen LogP) is 4.34. The average molecular weight is 675 g/mol. The molecule has 1 fully saturated rings. The van der Waals surface area contributed by atoms with Crippen LogP contribution in [0.2, 0.25) is 0 Å². The van der Waals surface area contributed by atoms with Crippen LogP contribution in [0.4, 0.5) is 4.79 Å². The Labute approximate surface area is 260 Å². The van der Waals surface area contributed by atoms with E-state index in [1.165, 1.54) is 90.4 Å². The Balaban J connectivity index is 0.00000800. The lowest BCUT2D eigenvalue weighted by atomic mass is 10.0. The van der Waals surface area contributed by atoms with E-state index in [1.807, 2.05) is 35.9 Å². The van der Waals surface area contributed by atoms with Crippen LogP contribution < -0.4 is 28.5 Å². The summed E-state index contributed by atoms with van der Waals surface area (Å²) in [5, 5.41) is 0. The number of amides is 2. The highest BCUT2D eigenvalue weighted by molar-refractivity contribution is 5.90. The first-order valence-corrected chi connectivity index (χ1v) is 15.7. The van der Waals surface area contributed by atoms with Gasteiger partial charge >= 0.3 is 6.09 Å². The molecule has 40 heavy (non-hydrogen) atoms. The quantitative estimate of drug-likeness (QED) is 0.110. The minimum atomic E-state index is -0.610. The molecule has 1 saturated heterocycles. The van der Waals surface area contributed by atoms with Gasteiger partial charge in [0.05, 0.1) is 13.2 Å². The maximum absolute atomic E-state index is 12.7. The van der Waals surface area contributed by atoms with Gasteiger partial charge in [0.2, 0.25) is 11.6 Å². The zero-order chi connectivity index (χ0) is 28.1. The lowest BCUT2D eigenvalue weighted by Crippen LogP contribution is -3.00. The molecule has 0 spiro atoms. The number of nitrogens with zero attached hydrogens (tertiary/aromatic N) is 2. The minimum absolute atomic E-state index is 0. The third-order valence-corrected chi connectivity index (χ3v) is 7.58. The number of halogens is 1. The van der Waals surface area contributed by atoms with Crippen molar-refractivity contribution in [2.75, 3.05) is 19.8 Å². The molecule has 2 heterocycles. The summed E-state index contributed by atoms with van der Waals surface area (Å²) >= 11 is 0. The molecule has 0 aliphatic carbocycles. The van der Waals surface area contributed by atoms with Gasteiger partial charge in [-0.15, -0.1) is 0 Å². The van der Waals surface area contributed by atoms with E-state index in [2.05, 4.69) is 6.92 Å². The maximum atomic E-state index is 12.7. The Morgan fingerprint density at radius 3 is 2.10 bits per heavy atom. The number of aromatic nitrogens is 1. The first-order chi connectivity index (χ1) is 19.0. The number of rotatable bonds is 21. The van der Waals surface area contributed by atoms with Crippen LogP contribution >= 0.6 is 0 Å². The molecule has 1 aromatic rings. The van der Waals surface area contributed by atoms with Crippen molar-refractivity contribution < 1.29 is 52.3 Å². The average Bonchev–Trinajstić information content (AvgIpc) is 3.40. The lowest BCUT2D eigenvalue weighted by molar-refractivity contribution is -0.701. The van der Waals surface area contributed by atoms with Crippen molar-refractivity contribution in [2.24, 2.45) is 5.92 Å². The molecule has 2 rings (SSSR count). The van der Waals surface area contributed by atoms with Crippen LogP contribution in [0, 0.1) is 5.92 Å². The Bertz CT molecular complexity index is 809. The smallest absolute Gasteiger partial charge is 0.417 e. The fourth-order valence-electron chi connectivity index (χ4n) is 5.09. The third-order valence-electron chi connectivity index (χ3n) is 7.58. The first kappa shape index (κ1) is 36.8. The number of ether oxygens (including phenoxy) is 3. The second-order valence-electron chi connectivity index (χ2n) is 11.0. The van der Waals surface area contributed by atoms with Crippen molar-refractivity contribution in [2.45, 2.75) is 136 Å². The van der Waals surface area contributed by atoms with Crippen molar-refractivity contribution in [3.05, 3.63) is 30.1 Å². The van der Waals surface area contributed by atoms with Crippen molar-refractivity contribution in [1.82, 2.24) is 4.90 Å². The number of imide groups is 1. The molecule has 0 aromatic carbocycles. The fraction of sp³-hybridized carbons (Fsp3) is 0.781. The standard InChI is InChI=1S/C32H55N2O5.HI/c1-4-6-7-8-9-10-11-12-13-14-15-16-17-20-23-37-31-24-29(26-38-31)27-39-32(36)34(28(3)35)25-30-21-18-19-22-33(30)5-2;/h18-19,21-22,29,31H,4-17,20,23-27H2,1-3H3;1H/q+1;/p-1. The van der Waals surface area contributed by atoms with Crippen LogP contribution in [0.3, 0.4) is 0 Å². The Morgan fingerprint density at radius 1 is 0.925 bits per heavy atom. The normalized spacial score (nSPS) is 16.5. The summed E-state index contributed by atoms with van der Waals surface area (Å²) < 4.78 is 19.2. The van der Waals surface area contributed by atoms with Crippen molar-refractivity contribution in [3.63, 3.8) is 0 Å².